The number of carboxylic acids is 1. The van der Waals surface area contributed by atoms with Crippen LogP contribution in [0.1, 0.15) is 10.5 Å². The van der Waals surface area contributed by atoms with E-state index in [9.17, 15) is 14.0 Å². The maximum atomic E-state index is 13.6. The lowest BCUT2D eigenvalue weighted by Gasteiger charge is -2.10. The van der Waals surface area contributed by atoms with Crippen molar-refractivity contribution in [3.05, 3.63) is 48.0 Å². The summed E-state index contributed by atoms with van der Waals surface area (Å²) in [4.78, 5) is 22.8. The summed E-state index contributed by atoms with van der Waals surface area (Å²) in [5.74, 6) is -1.89. The van der Waals surface area contributed by atoms with Crippen molar-refractivity contribution in [2.75, 3.05) is 12.4 Å². The zero-order valence-electron chi connectivity index (χ0n) is 11.2. The van der Waals surface area contributed by atoms with E-state index >= 15 is 0 Å². The monoisotopic (exact) mass is 292 g/mol. The second kappa shape index (κ2) is 6.08. The number of aliphatic carboxylic acids is 1. The molecule has 0 unspecified atom stereocenters. The lowest BCUT2D eigenvalue weighted by atomic mass is 10.2. The zero-order valence-corrected chi connectivity index (χ0v) is 11.2. The quantitative estimate of drug-likeness (QED) is 0.883. The molecule has 0 aliphatic carbocycles. The Morgan fingerprint density at radius 2 is 2.14 bits per heavy atom. The molecule has 110 valence electrons. The number of methoxy groups -OCH3 is 1. The molecule has 1 aromatic heterocycles. The van der Waals surface area contributed by atoms with Crippen molar-refractivity contribution in [1.82, 2.24) is 4.57 Å². The number of benzene rings is 1. The first-order valence-corrected chi connectivity index (χ1v) is 6.03. The minimum atomic E-state index is -1.08. The standard InChI is InChI=1S/C14H13FN2O4/c1-21-9-4-5-10(15)11(7-9)16-14(20)12-3-2-6-17(12)8-13(18)19/h2-7H,8H2,1H3,(H,16,20)(H,18,19). The Balaban J connectivity index is 2.22. The van der Waals surface area contributed by atoms with E-state index in [2.05, 4.69) is 5.32 Å². The number of carboxylic acid groups (broad SMARTS) is 1. The Hall–Kier alpha value is -2.83. The summed E-state index contributed by atoms with van der Waals surface area (Å²) < 4.78 is 19.9. The summed E-state index contributed by atoms with van der Waals surface area (Å²) in [7, 11) is 1.43. The minimum Gasteiger partial charge on any atom is -0.497 e. The highest BCUT2D eigenvalue weighted by Crippen LogP contribution is 2.21. The summed E-state index contributed by atoms with van der Waals surface area (Å²) in [5, 5.41) is 11.2. The zero-order chi connectivity index (χ0) is 15.4. The number of anilines is 1. The van der Waals surface area contributed by atoms with Crippen molar-refractivity contribution < 1.29 is 23.8 Å². The van der Waals surface area contributed by atoms with Crippen LogP contribution in [0.2, 0.25) is 0 Å². The first kappa shape index (κ1) is 14.6. The number of carbonyl (C=O) groups excluding carboxylic acids is 1. The fraction of sp³-hybridized carbons (Fsp3) is 0.143. The van der Waals surface area contributed by atoms with Crippen molar-refractivity contribution >= 4 is 17.6 Å². The predicted octanol–water partition coefficient (Wildman–Crippen LogP) is 1.97. The molecular formula is C14H13FN2O4. The smallest absolute Gasteiger partial charge is 0.323 e. The average Bonchev–Trinajstić information content (AvgIpc) is 2.88. The Morgan fingerprint density at radius 1 is 1.38 bits per heavy atom. The molecule has 0 atom stereocenters. The number of carbonyl (C=O) groups is 2. The summed E-state index contributed by atoms with van der Waals surface area (Å²) in [5.41, 5.74) is 0.0852. The molecular weight excluding hydrogens is 279 g/mol. The molecule has 2 N–H and O–H groups in total. The number of hydrogen-bond donors (Lipinski definition) is 2. The predicted molar refractivity (Wildman–Crippen MR) is 73.0 cm³/mol. The van der Waals surface area contributed by atoms with Gasteiger partial charge in [0.25, 0.3) is 5.91 Å². The summed E-state index contributed by atoms with van der Waals surface area (Å²) in [6.45, 7) is -0.351. The second-order valence-electron chi connectivity index (χ2n) is 4.21. The third-order valence-corrected chi connectivity index (χ3v) is 2.79. The molecule has 7 heteroatoms. The van der Waals surface area contributed by atoms with Crippen LogP contribution in [0.4, 0.5) is 10.1 Å². The van der Waals surface area contributed by atoms with Crippen LogP contribution in [-0.4, -0.2) is 28.7 Å². The molecule has 1 aromatic carbocycles. The molecule has 0 saturated carbocycles. The first-order valence-electron chi connectivity index (χ1n) is 6.03. The molecule has 0 fully saturated rings. The van der Waals surface area contributed by atoms with E-state index in [1.165, 1.54) is 42.1 Å². The van der Waals surface area contributed by atoms with Crippen LogP contribution in [-0.2, 0) is 11.3 Å². The van der Waals surface area contributed by atoms with E-state index in [-0.39, 0.29) is 17.9 Å². The van der Waals surface area contributed by atoms with Crippen molar-refractivity contribution in [2.24, 2.45) is 0 Å². The number of nitrogens with zero attached hydrogens (tertiary/aromatic N) is 1. The van der Waals surface area contributed by atoms with Crippen molar-refractivity contribution in [1.29, 1.82) is 0 Å². The fourth-order valence-electron chi connectivity index (χ4n) is 1.82. The van der Waals surface area contributed by atoms with Gasteiger partial charge in [0.05, 0.1) is 12.8 Å². The fourth-order valence-corrected chi connectivity index (χ4v) is 1.82. The number of aromatic nitrogens is 1. The van der Waals surface area contributed by atoms with Crippen molar-refractivity contribution in [3.63, 3.8) is 0 Å². The van der Waals surface area contributed by atoms with E-state index in [1.807, 2.05) is 0 Å². The third-order valence-electron chi connectivity index (χ3n) is 2.79. The number of halogens is 1. The maximum Gasteiger partial charge on any atom is 0.323 e. The first-order chi connectivity index (χ1) is 10.0. The van der Waals surface area contributed by atoms with Crippen molar-refractivity contribution in [2.45, 2.75) is 6.54 Å². The number of nitrogens with one attached hydrogen (secondary N) is 1. The maximum absolute atomic E-state index is 13.6. The highest BCUT2D eigenvalue weighted by atomic mass is 19.1. The summed E-state index contributed by atoms with van der Waals surface area (Å²) in [6.07, 6.45) is 1.46. The van der Waals surface area contributed by atoms with Crippen LogP contribution in [0.15, 0.2) is 36.5 Å². The van der Waals surface area contributed by atoms with Gasteiger partial charge in [0.2, 0.25) is 0 Å². The van der Waals surface area contributed by atoms with E-state index in [0.717, 1.165) is 0 Å². The lowest BCUT2D eigenvalue weighted by molar-refractivity contribution is -0.137. The average molecular weight is 292 g/mol. The second-order valence-corrected chi connectivity index (χ2v) is 4.21. The van der Waals surface area contributed by atoms with Gasteiger partial charge in [0.15, 0.2) is 0 Å². The molecule has 21 heavy (non-hydrogen) atoms. The van der Waals surface area contributed by atoms with Gasteiger partial charge in [-0.05, 0) is 24.3 Å². The van der Waals surface area contributed by atoms with Gasteiger partial charge < -0.3 is 19.7 Å². The normalized spacial score (nSPS) is 10.2. The Kier molecular flexibility index (Phi) is 4.22. The SMILES string of the molecule is COc1ccc(F)c(NC(=O)c2cccn2CC(=O)O)c1. The molecule has 0 aliphatic rings. The number of ether oxygens (including phenoxy) is 1. The Morgan fingerprint density at radius 3 is 2.81 bits per heavy atom. The summed E-state index contributed by atoms with van der Waals surface area (Å²) >= 11 is 0. The highest BCUT2D eigenvalue weighted by molar-refractivity contribution is 6.03. The van der Waals surface area contributed by atoms with Crippen LogP contribution < -0.4 is 10.1 Å². The molecule has 0 saturated heterocycles. The summed E-state index contributed by atoms with van der Waals surface area (Å²) in [6, 6.07) is 6.94. The largest absolute Gasteiger partial charge is 0.497 e. The van der Waals surface area contributed by atoms with Crippen LogP contribution in [0.25, 0.3) is 0 Å². The van der Waals surface area contributed by atoms with Gasteiger partial charge >= 0.3 is 5.97 Å². The lowest BCUT2D eigenvalue weighted by Crippen LogP contribution is -2.19. The van der Waals surface area contributed by atoms with Gasteiger partial charge in [-0.2, -0.15) is 0 Å². The van der Waals surface area contributed by atoms with E-state index < -0.39 is 17.7 Å². The van der Waals surface area contributed by atoms with Gasteiger partial charge in [-0.15, -0.1) is 0 Å². The molecule has 2 rings (SSSR count). The Labute approximate surface area is 119 Å². The molecule has 0 radical (unpaired) electrons. The molecule has 0 bridgehead atoms. The molecule has 0 spiro atoms. The van der Waals surface area contributed by atoms with Gasteiger partial charge in [-0.25, -0.2) is 4.39 Å². The van der Waals surface area contributed by atoms with Gasteiger partial charge in [-0.3, -0.25) is 9.59 Å². The number of hydrogen-bond acceptors (Lipinski definition) is 3. The van der Waals surface area contributed by atoms with E-state index in [1.54, 1.807) is 6.07 Å². The van der Waals surface area contributed by atoms with Gasteiger partial charge in [0.1, 0.15) is 23.8 Å². The van der Waals surface area contributed by atoms with Crippen LogP contribution in [0.5, 0.6) is 5.75 Å². The molecule has 1 amide bonds. The van der Waals surface area contributed by atoms with Crippen molar-refractivity contribution in [3.8, 4) is 5.75 Å². The van der Waals surface area contributed by atoms with E-state index in [4.69, 9.17) is 9.84 Å². The molecule has 1 heterocycles. The molecule has 2 aromatic rings. The van der Waals surface area contributed by atoms with Crippen LogP contribution in [0, 0.1) is 5.82 Å². The molecule has 0 aliphatic heterocycles. The third kappa shape index (κ3) is 3.38. The Bertz CT molecular complexity index is 681. The van der Waals surface area contributed by atoms with E-state index in [0.29, 0.717) is 5.75 Å². The topological polar surface area (TPSA) is 80.6 Å². The van der Waals surface area contributed by atoms with Gasteiger partial charge in [-0.1, -0.05) is 0 Å². The minimum absolute atomic E-state index is 0.0394. The van der Waals surface area contributed by atoms with Crippen LogP contribution >= 0.6 is 0 Å². The molecule has 6 nitrogen and oxygen atoms in total. The highest BCUT2D eigenvalue weighted by Gasteiger charge is 2.15. The van der Waals surface area contributed by atoms with Gasteiger partial charge in [0, 0.05) is 12.3 Å². The van der Waals surface area contributed by atoms with Crippen LogP contribution in [0.3, 0.4) is 0 Å². The number of rotatable bonds is 5. The number of amides is 1.